The molecule has 4 aromatic heterocycles. The maximum Gasteiger partial charge on any atom is 0.162 e. The fraction of sp³-hybridized carbons (Fsp3) is 0.300. The summed E-state index contributed by atoms with van der Waals surface area (Å²) in [6, 6.07) is 25.4. The van der Waals surface area contributed by atoms with Gasteiger partial charge in [-0.3, -0.25) is 9.78 Å². The number of pyridine rings is 3. The van der Waals surface area contributed by atoms with E-state index in [1.54, 1.807) is 0 Å². The van der Waals surface area contributed by atoms with Crippen molar-refractivity contribution >= 4 is 65.6 Å². The normalized spacial score (nSPS) is 12.2. The number of ketones is 1. The number of hydrogen-bond acceptors (Lipinski definition) is 3. The first-order valence-electron chi connectivity index (χ1n) is 16.1. The van der Waals surface area contributed by atoms with E-state index >= 15 is 0 Å². The maximum absolute atomic E-state index is 11.7. The third-order valence-electron chi connectivity index (χ3n) is 9.70. The monoisotopic (exact) mass is 774 g/mol. The number of hydrogen-bond donors (Lipinski definition) is 1. The summed E-state index contributed by atoms with van der Waals surface area (Å²) in [4.78, 5) is 16.6. The Morgan fingerprint density at radius 3 is 2.04 bits per heavy atom. The molecule has 7 aromatic rings. The predicted octanol–water partition coefficient (Wildman–Crippen LogP) is 10.8. The van der Waals surface area contributed by atoms with Crippen LogP contribution < -0.4 is 0 Å². The molecule has 0 saturated carbocycles. The summed E-state index contributed by atoms with van der Waals surface area (Å²) in [6.45, 7) is 12.6. The molecule has 0 saturated heterocycles. The van der Waals surface area contributed by atoms with Gasteiger partial charge in [-0.05, 0) is 62.1 Å². The first kappa shape index (κ1) is 32.6. The van der Waals surface area contributed by atoms with Crippen molar-refractivity contribution in [3.05, 3.63) is 95.9 Å². The molecular weight excluding hydrogens is 733 g/mol. The minimum absolute atomic E-state index is 0. The second kappa shape index (κ2) is 13.3. The third kappa shape index (κ3) is 5.41. The van der Waals surface area contributed by atoms with Crippen molar-refractivity contribution in [3.8, 4) is 0 Å². The summed E-state index contributed by atoms with van der Waals surface area (Å²) in [5, 5.41) is 18.3. The smallest absolute Gasteiger partial charge is 0.162 e. The first-order chi connectivity index (χ1) is 21.3. The van der Waals surface area contributed by atoms with Crippen molar-refractivity contribution < 1.29 is 30.0 Å². The fourth-order valence-corrected chi connectivity index (χ4v) is 7.00. The van der Waals surface area contributed by atoms with Gasteiger partial charge in [0.15, 0.2) is 5.78 Å². The molecule has 1 N–H and O–H groups in total. The Labute approximate surface area is 278 Å². The summed E-state index contributed by atoms with van der Waals surface area (Å²) in [6.07, 6.45) is 6.85. The second-order valence-corrected chi connectivity index (χ2v) is 12.0. The molecule has 0 atom stereocenters. The molecule has 0 aliphatic rings. The Hall–Kier alpha value is -3.79. The molecule has 4 nitrogen and oxygen atoms in total. The van der Waals surface area contributed by atoms with Crippen LogP contribution in [0.1, 0.15) is 64.5 Å². The molecule has 3 aromatic carbocycles. The summed E-state index contributed by atoms with van der Waals surface area (Å²) in [5.74, 6) is 0.547. The van der Waals surface area contributed by atoms with E-state index in [-0.39, 0.29) is 43.5 Å². The van der Waals surface area contributed by atoms with E-state index in [4.69, 9.17) is 4.98 Å². The van der Waals surface area contributed by atoms with Crippen molar-refractivity contribution in [1.82, 2.24) is 9.38 Å². The van der Waals surface area contributed by atoms with Gasteiger partial charge in [0.25, 0.3) is 0 Å². The number of fused-ring (bicyclic) bond motifs is 7. The molecule has 7 rings (SSSR count). The number of aryl methyl sites for hydroxylation is 2. The van der Waals surface area contributed by atoms with Gasteiger partial charge in [-0.15, -0.1) is 23.6 Å². The summed E-state index contributed by atoms with van der Waals surface area (Å²) in [5.41, 5.74) is 7.49. The number of allylic oxidation sites excluding steroid dienone is 2. The van der Waals surface area contributed by atoms with Crippen LogP contribution in [-0.2, 0) is 24.9 Å². The van der Waals surface area contributed by atoms with E-state index in [9.17, 15) is 9.90 Å². The van der Waals surface area contributed by atoms with Gasteiger partial charge in [-0.1, -0.05) is 86.3 Å². The van der Waals surface area contributed by atoms with Crippen LogP contribution in [-0.4, -0.2) is 20.3 Å². The van der Waals surface area contributed by atoms with Crippen molar-refractivity contribution in [2.24, 2.45) is 11.8 Å². The number of nitrogens with zero attached hydrogens (tertiary/aromatic N) is 2. The first-order valence-corrected chi connectivity index (χ1v) is 16.1. The molecule has 0 aliphatic heterocycles. The maximum atomic E-state index is 11.7. The minimum Gasteiger partial charge on any atom is -0.512 e. The number of aliphatic hydroxyl groups is 1. The van der Waals surface area contributed by atoms with Crippen LogP contribution in [0.25, 0.3) is 59.8 Å². The van der Waals surface area contributed by atoms with Crippen LogP contribution in [0.4, 0.5) is 0 Å². The zero-order valence-corrected chi connectivity index (χ0v) is 29.4. The van der Waals surface area contributed by atoms with Crippen molar-refractivity contribution in [1.29, 1.82) is 0 Å². The molecule has 1 radical (unpaired) electrons. The molecule has 233 valence electrons. The molecule has 5 heteroatoms. The summed E-state index contributed by atoms with van der Waals surface area (Å²) >= 11 is 0. The van der Waals surface area contributed by atoms with E-state index < -0.39 is 0 Å². The van der Waals surface area contributed by atoms with E-state index in [0.717, 1.165) is 42.0 Å². The Kier molecular flexibility index (Phi) is 9.62. The fourth-order valence-electron chi connectivity index (χ4n) is 7.00. The van der Waals surface area contributed by atoms with Gasteiger partial charge < -0.3 is 9.51 Å². The zero-order chi connectivity index (χ0) is 31.1. The van der Waals surface area contributed by atoms with E-state index in [0.29, 0.717) is 0 Å². The summed E-state index contributed by atoms with van der Waals surface area (Å²) in [7, 11) is 0. The topological polar surface area (TPSA) is 54.6 Å². The number of rotatable bonds is 7. The molecular formula is C40H41IrN2O2-. The van der Waals surface area contributed by atoms with Gasteiger partial charge in [-0.2, -0.15) is 0 Å². The predicted molar refractivity (Wildman–Crippen MR) is 186 cm³/mol. The molecule has 0 amide bonds. The second-order valence-electron chi connectivity index (χ2n) is 12.0. The molecule has 4 heterocycles. The zero-order valence-electron chi connectivity index (χ0n) is 27.0. The van der Waals surface area contributed by atoms with Crippen LogP contribution in [0.3, 0.4) is 0 Å². The number of aromatic nitrogens is 2. The number of carbonyl (C=O) groups excluding carboxylic acids is 1. The van der Waals surface area contributed by atoms with Crippen LogP contribution in [0.2, 0.25) is 0 Å². The van der Waals surface area contributed by atoms with E-state index in [1.807, 2.05) is 33.9 Å². The standard InChI is InChI=1S/C27H17N2.C13H24O2.Ir/c1-15-16(2)26-23-14-18-8-4-3-7-17(18)13-22(23)24-27-21(11-12-28-24)19-9-5-6-10-20(19)25(15)29(26)27;1-5-10(6-2)12(14)9-13(15)11(7-3)8-4;/h3-12,14H,1-2H3;9-11,14H,5-8H2,1-4H3;/q-1;;/b;12-9-;. The van der Waals surface area contributed by atoms with Crippen molar-refractivity contribution in [2.45, 2.75) is 67.2 Å². The van der Waals surface area contributed by atoms with Gasteiger partial charge in [0.1, 0.15) is 0 Å². The molecule has 0 unspecified atom stereocenters. The van der Waals surface area contributed by atoms with E-state index in [2.05, 4.69) is 85.0 Å². The molecule has 0 bridgehead atoms. The largest absolute Gasteiger partial charge is 0.512 e. The number of benzene rings is 3. The minimum atomic E-state index is 0. The number of carbonyl (C=O) groups is 1. The molecule has 0 spiro atoms. The average molecular weight is 774 g/mol. The number of aliphatic hydroxyl groups excluding tert-OH is 1. The Bertz CT molecular complexity index is 2180. The Balaban J connectivity index is 0.000000217. The van der Waals surface area contributed by atoms with Gasteiger partial charge in [0.05, 0.1) is 11.3 Å². The average Bonchev–Trinajstić information content (AvgIpc) is 3.32. The summed E-state index contributed by atoms with van der Waals surface area (Å²) < 4.78 is 2.45. The Morgan fingerprint density at radius 1 is 0.800 bits per heavy atom. The van der Waals surface area contributed by atoms with Gasteiger partial charge in [-0.25, -0.2) is 0 Å². The Morgan fingerprint density at radius 2 is 1.38 bits per heavy atom. The third-order valence-corrected chi connectivity index (χ3v) is 9.70. The van der Waals surface area contributed by atoms with Crippen molar-refractivity contribution in [3.63, 3.8) is 0 Å². The molecule has 45 heavy (non-hydrogen) atoms. The van der Waals surface area contributed by atoms with E-state index in [1.165, 1.54) is 60.7 Å². The van der Waals surface area contributed by atoms with Crippen LogP contribution in [0, 0.1) is 31.7 Å². The van der Waals surface area contributed by atoms with Gasteiger partial charge in [0, 0.05) is 71.5 Å². The van der Waals surface area contributed by atoms with Crippen LogP contribution in [0.5, 0.6) is 0 Å². The van der Waals surface area contributed by atoms with Gasteiger partial charge >= 0.3 is 0 Å². The molecule has 0 aliphatic carbocycles. The van der Waals surface area contributed by atoms with Crippen molar-refractivity contribution in [2.75, 3.05) is 0 Å². The quantitative estimate of drug-likeness (QED) is 0.0577. The molecule has 0 fully saturated rings. The van der Waals surface area contributed by atoms with Gasteiger partial charge in [0.2, 0.25) is 0 Å². The van der Waals surface area contributed by atoms with Crippen LogP contribution >= 0.6 is 0 Å². The van der Waals surface area contributed by atoms with Crippen LogP contribution in [0.15, 0.2) is 78.7 Å². The SMILES string of the molecule is CCC(CC)C(=O)/C=C(\O)C(CC)CC.Cc1c(C)c2c3ccccc3c3ccnc4c5[c-]c6ccccc6cc5c1n2c34.[Ir].